The van der Waals surface area contributed by atoms with Gasteiger partial charge in [-0.25, -0.2) is 4.68 Å². The maximum Gasteiger partial charge on any atom is 0.280 e. The second-order valence-corrected chi connectivity index (χ2v) is 8.07. The van der Waals surface area contributed by atoms with Crippen LogP contribution in [0.3, 0.4) is 0 Å². The molecular formula is C25H21Cl2N3O3. The number of ether oxygens (including phenoxy) is 2. The van der Waals surface area contributed by atoms with E-state index in [9.17, 15) is 4.79 Å². The number of halogens is 2. The standard InChI is InChI=1S/C25H21Cl2N3O3/c1-15(28-22-13-6-17(26)14-21(22)27)23-24(16-4-9-19(32-2)10-5-16)29-30(25(23)31)18-7-11-20(33-3)12-8-18/h4-14,29H,1-3H3. The first-order valence-electron chi connectivity index (χ1n) is 10.1. The van der Waals surface area contributed by atoms with Crippen LogP contribution in [-0.4, -0.2) is 29.7 Å². The molecule has 4 rings (SSSR count). The molecule has 0 fully saturated rings. The minimum absolute atomic E-state index is 0.239. The lowest BCUT2D eigenvalue weighted by molar-refractivity contribution is 0.414. The van der Waals surface area contributed by atoms with E-state index in [1.54, 1.807) is 63.6 Å². The van der Waals surface area contributed by atoms with Gasteiger partial charge in [0.25, 0.3) is 5.56 Å². The molecule has 0 aliphatic heterocycles. The molecule has 0 spiro atoms. The first-order chi connectivity index (χ1) is 15.9. The summed E-state index contributed by atoms with van der Waals surface area (Å²) in [4.78, 5) is 18.2. The summed E-state index contributed by atoms with van der Waals surface area (Å²) in [6, 6.07) is 19.7. The summed E-state index contributed by atoms with van der Waals surface area (Å²) in [6.07, 6.45) is 0. The van der Waals surface area contributed by atoms with Gasteiger partial charge in [-0.05, 0) is 73.7 Å². The molecule has 1 N–H and O–H groups in total. The fraction of sp³-hybridized carbons (Fsp3) is 0.120. The van der Waals surface area contributed by atoms with Crippen molar-refractivity contribution in [3.8, 4) is 28.4 Å². The smallest absolute Gasteiger partial charge is 0.280 e. The average Bonchev–Trinajstić information content (AvgIpc) is 3.18. The van der Waals surface area contributed by atoms with Crippen LogP contribution in [0.5, 0.6) is 11.5 Å². The van der Waals surface area contributed by atoms with Gasteiger partial charge in [0.15, 0.2) is 0 Å². The number of H-pyrrole nitrogens is 1. The Bertz CT molecular complexity index is 1370. The molecule has 1 heterocycles. The molecule has 1 aromatic heterocycles. The van der Waals surface area contributed by atoms with E-state index in [4.69, 9.17) is 32.7 Å². The van der Waals surface area contributed by atoms with Crippen LogP contribution < -0.4 is 15.0 Å². The highest BCUT2D eigenvalue weighted by Crippen LogP contribution is 2.30. The van der Waals surface area contributed by atoms with Gasteiger partial charge >= 0.3 is 0 Å². The highest BCUT2D eigenvalue weighted by atomic mass is 35.5. The van der Waals surface area contributed by atoms with Crippen molar-refractivity contribution in [2.45, 2.75) is 6.92 Å². The third kappa shape index (κ3) is 4.67. The number of aromatic amines is 1. The first-order valence-corrected chi connectivity index (χ1v) is 10.8. The Labute approximate surface area is 201 Å². The molecule has 0 amide bonds. The van der Waals surface area contributed by atoms with Crippen molar-refractivity contribution in [3.05, 3.63) is 92.7 Å². The van der Waals surface area contributed by atoms with Gasteiger partial charge in [-0.1, -0.05) is 23.2 Å². The van der Waals surface area contributed by atoms with Crippen molar-refractivity contribution in [2.75, 3.05) is 14.2 Å². The first kappa shape index (κ1) is 22.7. The van der Waals surface area contributed by atoms with E-state index in [1.807, 2.05) is 24.3 Å². The fourth-order valence-electron chi connectivity index (χ4n) is 3.46. The lowest BCUT2D eigenvalue weighted by Gasteiger charge is -2.06. The van der Waals surface area contributed by atoms with Gasteiger partial charge in [0, 0.05) is 10.6 Å². The van der Waals surface area contributed by atoms with Gasteiger partial charge in [0.1, 0.15) is 11.5 Å². The van der Waals surface area contributed by atoms with E-state index in [-0.39, 0.29) is 5.56 Å². The van der Waals surface area contributed by atoms with Crippen molar-refractivity contribution in [2.24, 2.45) is 4.99 Å². The normalized spacial score (nSPS) is 11.5. The van der Waals surface area contributed by atoms with Gasteiger partial charge in [-0.15, -0.1) is 0 Å². The van der Waals surface area contributed by atoms with Crippen LogP contribution in [-0.2, 0) is 0 Å². The molecule has 3 aromatic carbocycles. The van der Waals surface area contributed by atoms with E-state index in [2.05, 4.69) is 10.1 Å². The maximum atomic E-state index is 13.6. The van der Waals surface area contributed by atoms with Gasteiger partial charge in [-0.3, -0.25) is 14.9 Å². The minimum Gasteiger partial charge on any atom is -0.497 e. The predicted molar refractivity (Wildman–Crippen MR) is 133 cm³/mol. The van der Waals surface area contributed by atoms with Crippen LogP contribution in [0, 0.1) is 0 Å². The van der Waals surface area contributed by atoms with Crippen molar-refractivity contribution >= 4 is 34.6 Å². The van der Waals surface area contributed by atoms with Gasteiger partial charge in [0.2, 0.25) is 0 Å². The Kier molecular flexibility index (Phi) is 6.58. The van der Waals surface area contributed by atoms with E-state index >= 15 is 0 Å². The van der Waals surface area contributed by atoms with Crippen LogP contribution in [0.4, 0.5) is 5.69 Å². The molecule has 33 heavy (non-hydrogen) atoms. The molecule has 0 bridgehead atoms. The molecular weight excluding hydrogens is 461 g/mol. The number of hydrogen-bond donors (Lipinski definition) is 1. The highest BCUT2D eigenvalue weighted by Gasteiger charge is 2.20. The largest absolute Gasteiger partial charge is 0.497 e. The van der Waals surface area contributed by atoms with Gasteiger partial charge in [0.05, 0.1) is 47.6 Å². The lowest BCUT2D eigenvalue weighted by atomic mass is 10.0. The Morgan fingerprint density at radius 3 is 2.09 bits per heavy atom. The SMILES string of the molecule is COc1ccc(-c2[nH]n(-c3ccc(OC)cc3)c(=O)c2C(C)=Nc2ccc(Cl)cc2Cl)cc1. The monoisotopic (exact) mass is 481 g/mol. The number of rotatable bonds is 6. The second-order valence-electron chi connectivity index (χ2n) is 7.22. The summed E-state index contributed by atoms with van der Waals surface area (Å²) in [5.41, 5.74) is 3.34. The molecule has 0 aliphatic rings. The van der Waals surface area contributed by atoms with Crippen LogP contribution in [0.15, 0.2) is 76.5 Å². The molecule has 0 atom stereocenters. The minimum atomic E-state index is -0.239. The van der Waals surface area contributed by atoms with Gasteiger partial charge < -0.3 is 9.47 Å². The van der Waals surface area contributed by atoms with Crippen molar-refractivity contribution < 1.29 is 9.47 Å². The van der Waals surface area contributed by atoms with Crippen molar-refractivity contribution in [1.29, 1.82) is 0 Å². The molecule has 0 unspecified atom stereocenters. The highest BCUT2D eigenvalue weighted by molar-refractivity contribution is 6.36. The zero-order chi connectivity index (χ0) is 23.5. The fourth-order valence-corrected chi connectivity index (χ4v) is 3.91. The average molecular weight is 482 g/mol. The third-order valence-electron chi connectivity index (χ3n) is 5.16. The van der Waals surface area contributed by atoms with E-state index in [0.717, 1.165) is 11.3 Å². The Morgan fingerprint density at radius 2 is 1.52 bits per heavy atom. The summed E-state index contributed by atoms with van der Waals surface area (Å²) in [5, 5.41) is 4.15. The number of aliphatic imine (C=N–C) groups is 1. The lowest BCUT2D eigenvalue weighted by Crippen LogP contribution is -2.19. The van der Waals surface area contributed by atoms with Crippen LogP contribution in [0.1, 0.15) is 12.5 Å². The molecule has 0 saturated carbocycles. The number of benzene rings is 3. The summed E-state index contributed by atoms with van der Waals surface area (Å²) >= 11 is 12.3. The molecule has 0 aliphatic carbocycles. The van der Waals surface area contributed by atoms with E-state index in [1.165, 1.54) is 4.68 Å². The third-order valence-corrected chi connectivity index (χ3v) is 5.70. The molecule has 168 valence electrons. The Balaban J connectivity index is 1.90. The Hall–Kier alpha value is -3.48. The molecule has 6 nitrogen and oxygen atoms in total. The molecule has 8 heteroatoms. The quantitative estimate of drug-likeness (QED) is 0.328. The topological polar surface area (TPSA) is 68.6 Å². The van der Waals surface area contributed by atoms with Crippen LogP contribution >= 0.6 is 23.2 Å². The van der Waals surface area contributed by atoms with Crippen molar-refractivity contribution in [1.82, 2.24) is 9.78 Å². The van der Waals surface area contributed by atoms with Gasteiger partial charge in [-0.2, -0.15) is 0 Å². The molecule has 0 radical (unpaired) electrons. The van der Waals surface area contributed by atoms with E-state index in [0.29, 0.717) is 44.1 Å². The van der Waals surface area contributed by atoms with Crippen molar-refractivity contribution in [3.63, 3.8) is 0 Å². The summed E-state index contributed by atoms with van der Waals surface area (Å²) < 4.78 is 12.0. The zero-order valence-corrected chi connectivity index (χ0v) is 19.7. The van der Waals surface area contributed by atoms with E-state index < -0.39 is 0 Å². The second kappa shape index (κ2) is 9.57. The number of aromatic nitrogens is 2. The molecule has 0 saturated heterocycles. The summed E-state index contributed by atoms with van der Waals surface area (Å²) in [7, 11) is 3.20. The molecule has 4 aromatic rings. The number of nitrogens with zero attached hydrogens (tertiary/aromatic N) is 2. The maximum absolute atomic E-state index is 13.6. The van der Waals surface area contributed by atoms with Crippen LogP contribution in [0.2, 0.25) is 10.0 Å². The Morgan fingerprint density at radius 1 is 0.909 bits per heavy atom. The summed E-state index contributed by atoms with van der Waals surface area (Å²) in [5.74, 6) is 1.42. The zero-order valence-electron chi connectivity index (χ0n) is 18.2. The number of hydrogen-bond acceptors (Lipinski definition) is 4. The number of nitrogens with one attached hydrogen (secondary N) is 1. The predicted octanol–water partition coefficient (Wildman–Crippen LogP) is 6.30. The number of methoxy groups -OCH3 is 2. The summed E-state index contributed by atoms with van der Waals surface area (Å²) in [6.45, 7) is 1.78. The van der Waals surface area contributed by atoms with Crippen LogP contribution in [0.25, 0.3) is 16.9 Å².